The Morgan fingerprint density at radius 2 is 1.26 bits per heavy atom. The SMILES string of the molecule is Cc1c(O)c(O)c2c(=O)c3c(O)c(N)c(N)c(C)c3oc2c1C. The van der Waals surface area contributed by atoms with E-state index in [1.54, 1.807) is 20.8 Å². The molecule has 7 N–H and O–H groups in total. The Morgan fingerprint density at radius 1 is 0.739 bits per heavy atom. The molecule has 0 saturated heterocycles. The first-order chi connectivity index (χ1) is 10.7. The van der Waals surface area contributed by atoms with Crippen LogP contribution in [0.2, 0.25) is 0 Å². The maximum Gasteiger partial charge on any atom is 0.208 e. The molecule has 1 heterocycles. The molecule has 0 bridgehead atoms. The molecule has 120 valence electrons. The van der Waals surface area contributed by atoms with Gasteiger partial charge in [0.1, 0.15) is 21.9 Å². The van der Waals surface area contributed by atoms with Crippen molar-refractivity contribution < 1.29 is 19.7 Å². The van der Waals surface area contributed by atoms with Crippen LogP contribution >= 0.6 is 0 Å². The number of aryl methyl sites for hydroxylation is 2. The molecule has 0 radical (unpaired) electrons. The van der Waals surface area contributed by atoms with Crippen molar-refractivity contribution in [2.75, 3.05) is 11.5 Å². The number of phenols is 3. The number of phenolic OH excluding ortho intramolecular Hbond substituents is 3. The van der Waals surface area contributed by atoms with Gasteiger partial charge in [-0.1, -0.05) is 0 Å². The van der Waals surface area contributed by atoms with Gasteiger partial charge in [0.15, 0.2) is 17.2 Å². The van der Waals surface area contributed by atoms with Gasteiger partial charge >= 0.3 is 0 Å². The highest BCUT2D eigenvalue weighted by Crippen LogP contribution is 2.43. The Labute approximate surface area is 130 Å². The number of aromatic hydroxyl groups is 3. The third-order valence-electron chi connectivity index (χ3n) is 4.36. The van der Waals surface area contributed by atoms with Gasteiger partial charge in [0.25, 0.3) is 0 Å². The fraction of sp³-hybridized carbons (Fsp3) is 0.188. The number of benzene rings is 2. The Morgan fingerprint density at radius 3 is 1.87 bits per heavy atom. The molecule has 0 aliphatic carbocycles. The predicted molar refractivity (Wildman–Crippen MR) is 88.0 cm³/mol. The first-order valence-corrected chi connectivity index (χ1v) is 6.86. The fourth-order valence-corrected chi connectivity index (χ4v) is 2.72. The molecule has 23 heavy (non-hydrogen) atoms. The lowest BCUT2D eigenvalue weighted by atomic mass is 10.00. The molecule has 3 rings (SSSR count). The molecule has 0 saturated carbocycles. The standard InChI is InChI=1S/C16H16N2O5/c1-4-5(2)15-8(14(22)11(4)19)12(20)7-13(21)10(18)9(17)6(3)16(7)23-15/h19,21-22H,17-18H2,1-3H3. The zero-order valence-corrected chi connectivity index (χ0v) is 12.8. The minimum Gasteiger partial charge on any atom is -0.505 e. The molecule has 0 unspecified atom stereocenters. The minimum absolute atomic E-state index is 0.0966. The van der Waals surface area contributed by atoms with Crippen LogP contribution in [0.4, 0.5) is 11.4 Å². The van der Waals surface area contributed by atoms with E-state index >= 15 is 0 Å². The summed E-state index contributed by atoms with van der Waals surface area (Å²) in [7, 11) is 0. The summed E-state index contributed by atoms with van der Waals surface area (Å²) in [5.41, 5.74) is 12.4. The van der Waals surface area contributed by atoms with Crippen molar-refractivity contribution in [1.29, 1.82) is 0 Å². The van der Waals surface area contributed by atoms with E-state index in [0.29, 0.717) is 16.7 Å². The van der Waals surface area contributed by atoms with Crippen LogP contribution in [0.1, 0.15) is 16.7 Å². The summed E-state index contributed by atoms with van der Waals surface area (Å²) in [5, 5.41) is 29.9. The summed E-state index contributed by atoms with van der Waals surface area (Å²) in [6, 6.07) is 0. The molecular formula is C16H16N2O5. The summed E-state index contributed by atoms with van der Waals surface area (Å²) < 4.78 is 5.76. The van der Waals surface area contributed by atoms with Crippen LogP contribution in [0, 0.1) is 20.8 Å². The maximum atomic E-state index is 12.8. The number of nitrogens with two attached hydrogens (primary N) is 2. The molecule has 0 spiro atoms. The van der Waals surface area contributed by atoms with E-state index in [4.69, 9.17) is 15.9 Å². The van der Waals surface area contributed by atoms with Crippen molar-refractivity contribution in [1.82, 2.24) is 0 Å². The van der Waals surface area contributed by atoms with Crippen molar-refractivity contribution in [3.05, 3.63) is 26.9 Å². The molecule has 2 aromatic carbocycles. The largest absolute Gasteiger partial charge is 0.505 e. The quantitative estimate of drug-likeness (QED) is 0.243. The smallest absolute Gasteiger partial charge is 0.208 e. The summed E-state index contributed by atoms with van der Waals surface area (Å²) in [6.07, 6.45) is 0. The van der Waals surface area contributed by atoms with E-state index in [2.05, 4.69) is 0 Å². The average Bonchev–Trinajstić information content (AvgIpc) is 2.53. The number of rotatable bonds is 0. The van der Waals surface area contributed by atoms with Crippen LogP contribution in [0.25, 0.3) is 21.9 Å². The van der Waals surface area contributed by atoms with Crippen molar-refractivity contribution in [2.24, 2.45) is 0 Å². The van der Waals surface area contributed by atoms with Gasteiger partial charge in [0, 0.05) is 11.1 Å². The second kappa shape index (κ2) is 4.45. The van der Waals surface area contributed by atoms with Crippen molar-refractivity contribution in [3.63, 3.8) is 0 Å². The van der Waals surface area contributed by atoms with Crippen LogP contribution in [0.15, 0.2) is 9.21 Å². The zero-order valence-electron chi connectivity index (χ0n) is 12.8. The van der Waals surface area contributed by atoms with Crippen LogP contribution in [0.3, 0.4) is 0 Å². The van der Waals surface area contributed by atoms with Gasteiger partial charge < -0.3 is 31.2 Å². The molecule has 7 heteroatoms. The van der Waals surface area contributed by atoms with E-state index in [1.807, 2.05) is 0 Å². The first-order valence-electron chi connectivity index (χ1n) is 6.86. The second-order valence-electron chi connectivity index (χ2n) is 5.59. The molecule has 1 aromatic heterocycles. The number of hydrogen-bond donors (Lipinski definition) is 5. The van der Waals surface area contributed by atoms with Gasteiger partial charge in [-0.3, -0.25) is 4.79 Å². The van der Waals surface area contributed by atoms with Gasteiger partial charge in [-0.15, -0.1) is 0 Å². The number of nitrogen functional groups attached to an aromatic ring is 2. The number of fused-ring (bicyclic) bond motifs is 2. The number of anilines is 2. The highest BCUT2D eigenvalue weighted by molar-refractivity contribution is 6.04. The summed E-state index contributed by atoms with van der Waals surface area (Å²) in [6.45, 7) is 4.86. The Balaban J connectivity index is 2.77. The average molecular weight is 316 g/mol. The zero-order chi connectivity index (χ0) is 17.2. The monoisotopic (exact) mass is 316 g/mol. The van der Waals surface area contributed by atoms with E-state index < -0.39 is 22.7 Å². The molecule has 0 atom stereocenters. The lowest BCUT2D eigenvalue weighted by Gasteiger charge is -2.14. The lowest BCUT2D eigenvalue weighted by molar-refractivity contribution is 0.404. The van der Waals surface area contributed by atoms with Crippen LogP contribution in [-0.2, 0) is 0 Å². The third-order valence-corrected chi connectivity index (χ3v) is 4.36. The second-order valence-corrected chi connectivity index (χ2v) is 5.59. The minimum atomic E-state index is -0.690. The van der Waals surface area contributed by atoms with Crippen molar-refractivity contribution >= 4 is 33.3 Å². The highest BCUT2D eigenvalue weighted by Gasteiger charge is 2.24. The maximum absolute atomic E-state index is 12.8. The van der Waals surface area contributed by atoms with Gasteiger partial charge in [0.2, 0.25) is 5.43 Å². The highest BCUT2D eigenvalue weighted by atomic mass is 16.3. The van der Waals surface area contributed by atoms with E-state index in [-0.39, 0.29) is 33.3 Å². The Hall–Kier alpha value is -3.09. The van der Waals surface area contributed by atoms with Gasteiger partial charge in [-0.2, -0.15) is 0 Å². The van der Waals surface area contributed by atoms with E-state index in [0.717, 1.165) is 0 Å². The Bertz CT molecular complexity index is 986. The summed E-state index contributed by atoms with van der Waals surface area (Å²) in [5.74, 6) is -1.50. The molecule has 3 aromatic rings. The van der Waals surface area contributed by atoms with E-state index in [9.17, 15) is 20.1 Å². The molecule has 0 fully saturated rings. The molecule has 0 aliphatic heterocycles. The number of hydrogen-bond acceptors (Lipinski definition) is 7. The molecule has 0 amide bonds. The van der Waals surface area contributed by atoms with Crippen LogP contribution < -0.4 is 16.9 Å². The third kappa shape index (κ3) is 1.67. The summed E-state index contributed by atoms with van der Waals surface area (Å²) >= 11 is 0. The summed E-state index contributed by atoms with van der Waals surface area (Å²) in [4.78, 5) is 12.8. The van der Waals surface area contributed by atoms with Gasteiger partial charge in [-0.25, -0.2) is 0 Å². The fourth-order valence-electron chi connectivity index (χ4n) is 2.72. The predicted octanol–water partition coefficient (Wildman–Crippen LogP) is 2.15. The van der Waals surface area contributed by atoms with Crippen LogP contribution in [-0.4, -0.2) is 15.3 Å². The molecular weight excluding hydrogens is 300 g/mol. The van der Waals surface area contributed by atoms with Gasteiger partial charge in [-0.05, 0) is 26.3 Å². The van der Waals surface area contributed by atoms with Crippen molar-refractivity contribution in [2.45, 2.75) is 20.8 Å². The molecule has 7 nitrogen and oxygen atoms in total. The normalized spacial score (nSPS) is 11.4. The lowest BCUT2D eigenvalue weighted by Crippen LogP contribution is -2.08. The van der Waals surface area contributed by atoms with Crippen molar-refractivity contribution in [3.8, 4) is 17.2 Å². The Kier molecular flexibility index (Phi) is 2.87. The molecule has 0 aliphatic rings. The van der Waals surface area contributed by atoms with Gasteiger partial charge in [0.05, 0.1) is 11.4 Å². The topological polar surface area (TPSA) is 143 Å². The first kappa shape index (κ1) is 14.8. The van der Waals surface area contributed by atoms with Crippen LogP contribution in [0.5, 0.6) is 17.2 Å². The van der Waals surface area contributed by atoms with E-state index in [1.165, 1.54) is 0 Å².